The lowest BCUT2D eigenvalue weighted by Crippen LogP contribution is -2.42. The molecule has 0 atom stereocenters. The maximum Gasteiger partial charge on any atom is 0.281 e. The van der Waals surface area contributed by atoms with Gasteiger partial charge in [0, 0.05) is 17.7 Å². The fraction of sp³-hybridized carbons (Fsp3) is 0.167. The van der Waals surface area contributed by atoms with Crippen LogP contribution >= 0.6 is 0 Å². The minimum Gasteiger partial charge on any atom is -0.375 e. The van der Waals surface area contributed by atoms with Crippen LogP contribution in [0.25, 0.3) is 0 Å². The number of carbonyl (C=O) groups excluding carboxylic acids is 2. The van der Waals surface area contributed by atoms with Gasteiger partial charge in [0.05, 0.1) is 10.5 Å². The summed E-state index contributed by atoms with van der Waals surface area (Å²) in [7, 11) is 0. The molecule has 0 bridgehead atoms. The number of non-ortho nitro benzene ring substituents is 1. The molecule has 0 unspecified atom stereocenters. The van der Waals surface area contributed by atoms with Crippen molar-refractivity contribution >= 4 is 17.4 Å². The number of fused-ring (bicyclic) bond motifs is 1. The van der Waals surface area contributed by atoms with Gasteiger partial charge in [0.15, 0.2) is 11.5 Å². The number of amides is 1. The zero-order valence-corrected chi connectivity index (χ0v) is 10.1. The summed E-state index contributed by atoms with van der Waals surface area (Å²) in [5, 5.41) is 11.5. The highest BCUT2D eigenvalue weighted by Crippen LogP contribution is 2.29. The molecule has 0 N–H and O–H groups in total. The van der Waals surface area contributed by atoms with E-state index >= 15 is 0 Å². The molecule has 0 radical (unpaired) electrons. The normalized spacial score (nSPS) is 13.5. The van der Waals surface area contributed by atoms with Gasteiger partial charge >= 0.3 is 0 Å². The Kier molecular flexibility index (Phi) is 3.04. The second-order valence-electron chi connectivity index (χ2n) is 4.07. The smallest absolute Gasteiger partial charge is 0.281 e. The minimum atomic E-state index is -0.598. The molecule has 0 saturated carbocycles. The predicted octanol–water partition coefficient (Wildman–Crippen LogP) is 1.49. The summed E-state index contributed by atoms with van der Waals surface area (Å²) < 4.78 is 0. The molecule has 98 valence electrons. The summed E-state index contributed by atoms with van der Waals surface area (Å²) in [5.74, 6) is -0.798. The number of benzene rings is 1. The van der Waals surface area contributed by atoms with Crippen LogP contribution in [0.4, 0.5) is 5.69 Å². The zero-order chi connectivity index (χ0) is 14.2. The highest BCUT2D eigenvalue weighted by molar-refractivity contribution is 6.04. The van der Waals surface area contributed by atoms with E-state index in [2.05, 4.69) is 6.58 Å². The number of nitro benzene ring substituents is 1. The molecule has 1 aliphatic heterocycles. The number of hydrogen-bond donors (Lipinski definition) is 0. The fourth-order valence-corrected chi connectivity index (χ4v) is 1.62. The van der Waals surface area contributed by atoms with Crippen LogP contribution in [0.5, 0.6) is 5.75 Å². The summed E-state index contributed by atoms with van der Waals surface area (Å²) >= 11 is 0. The Balaban J connectivity index is 2.36. The predicted molar refractivity (Wildman–Crippen MR) is 64.6 cm³/mol. The second-order valence-corrected chi connectivity index (χ2v) is 4.07. The number of rotatable bonds is 2. The van der Waals surface area contributed by atoms with E-state index in [1.165, 1.54) is 19.1 Å². The standard InChI is InChI=1S/C12H10N2O5/c1-7(2)12(16)13-6-10(15)9-5-8(14(17)18)3-4-11(9)19-13/h3-5H,1,6H2,2H3. The molecule has 0 aliphatic carbocycles. The quantitative estimate of drug-likeness (QED) is 0.457. The first kappa shape index (κ1) is 12.7. The molecule has 0 saturated heterocycles. The molecule has 1 aliphatic rings. The van der Waals surface area contributed by atoms with Gasteiger partial charge in [0.2, 0.25) is 0 Å². The molecule has 0 spiro atoms. The lowest BCUT2D eigenvalue weighted by molar-refractivity contribution is -0.384. The van der Waals surface area contributed by atoms with Gasteiger partial charge < -0.3 is 4.84 Å². The molecule has 1 aromatic carbocycles. The topological polar surface area (TPSA) is 89.8 Å². The molecule has 19 heavy (non-hydrogen) atoms. The van der Waals surface area contributed by atoms with Crippen LogP contribution in [0, 0.1) is 10.1 Å². The summed E-state index contributed by atoms with van der Waals surface area (Å²) in [6.45, 7) is 4.69. The second kappa shape index (κ2) is 4.52. The number of nitro groups is 1. The molecule has 7 heteroatoms. The largest absolute Gasteiger partial charge is 0.375 e. The van der Waals surface area contributed by atoms with Crippen molar-refractivity contribution in [1.82, 2.24) is 5.06 Å². The minimum absolute atomic E-state index is 0.0972. The highest BCUT2D eigenvalue weighted by Gasteiger charge is 2.30. The van der Waals surface area contributed by atoms with Crippen LogP contribution in [-0.2, 0) is 4.79 Å². The van der Waals surface area contributed by atoms with Crippen LogP contribution in [0.15, 0.2) is 30.4 Å². The van der Waals surface area contributed by atoms with Gasteiger partial charge in [-0.3, -0.25) is 19.7 Å². The third kappa shape index (κ3) is 2.30. The lowest BCUT2D eigenvalue weighted by atomic mass is 10.1. The molecule has 0 fully saturated rings. The third-order valence-electron chi connectivity index (χ3n) is 2.56. The molecule has 1 aromatic rings. The molecule has 1 amide bonds. The van der Waals surface area contributed by atoms with E-state index in [0.717, 1.165) is 11.1 Å². The van der Waals surface area contributed by atoms with Gasteiger partial charge in [0.25, 0.3) is 11.6 Å². The first-order chi connectivity index (χ1) is 8.90. The van der Waals surface area contributed by atoms with Crippen LogP contribution < -0.4 is 4.84 Å². The first-order valence-corrected chi connectivity index (χ1v) is 5.37. The Morgan fingerprint density at radius 3 is 2.79 bits per heavy atom. The third-order valence-corrected chi connectivity index (χ3v) is 2.56. The van der Waals surface area contributed by atoms with Crippen molar-refractivity contribution < 1.29 is 19.3 Å². The summed E-state index contributed by atoms with van der Waals surface area (Å²) in [4.78, 5) is 38.8. The zero-order valence-electron chi connectivity index (χ0n) is 10.1. The summed E-state index contributed by atoms with van der Waals surface area (Å²) in [6.07, 6.45) is 0. The Bertz CT molecular complexity index is 608. The van der Waals surface area contributed by atoms with Crippen LogP contribution in [0.1, 0.15) is 17.3 Å². The van der Waals surface area contributed by atoms with E-state index in [1.54, 1.807) is 0 Å². The van der Waals surface area contributed by atoms with Crippen molar-refractivity contribution in [2.45, 2.75) is 6.92 Å². The van der Waals surface area contributed by atoms with E-state index in [4.69, 9.17) is 4.84 Å². The number of hydrogen-bond acceptors (Lipinski definition) is 5. The van der Waals surface area contributed by atoms with E-state index in [9.17, 15) is 19.7 Å². The lowest BCUT2D eigenvalue weighted by Gasteiger charge is -2.27. The van der Waals surface area contributed by atoms with Crippen molar-refractivity contribution in [1.29, 1.82) is 0 Å². The highest BCUT2D eigenvalue weighted by atomic mass is 16.7. The molecule has 0 aromatic heterocycles. The molecule has 1 heterocycles. The first-order valence-electron chi connectivity index (χ1n) is 5.37. The number of ketones is 1. The SMILES string of the molecule is C=C(C)C(=O)N1CC(=O)c2cc([N+](=O)[O-])ccc2O1. The average Bonchev–Trinajstić information content (AvgIpc) is 2.37. The molecule has 7 nitrogen and oxygen atoms in total. The summed E-state index contributed by atoms with van der Waals surface area (Å²) in [5.41, 5.74) is 0.133. The Hall–Kier alpha value is -2.70. The van der Waals surface area contributed by atoms with Gasteiger partial charge in [-0.1, -0.05) is 6.58 Å². The van der Waals surface area contributed by atoms with Gasteiger partial charge in [0.1, 0.15) is 6.54 Å². The van der Waals surface area contributed by atoms with Crippen molar-refractivity contribution in [3.63, 3.8) is 0 Å². The Morgan fingerprint density at radius 1 is 1.53 bits per heavy atom. The van der Waals surface area contributed by atoms with E-state index in [1.807, 2.05) is 0 Å². The van der Waals surface area contributed by atoms with Crippen molar-refractivity contribution in [3.05, 3.63) is 46.0 Å². The van der Waals surface area contributed by atoms with Crippen LogP contribution in [0.2, 0.25) is 0 Å². The number of nitrogens with zero attached hydrogens (tertiary/aromatic N) is 2. The summed E-state index contributed by atoms with van der Waals surface area (Å²) in [6, 6.07) is 3.64. The van der Waals surface area contributed by atoms with Gasteiger partial charge in [-0.25, -0.2) is 0 Å². The van der Waals surface area contributed by atoms with Crippen LogP contribution in [-0.4, -0.2) is 28.2 Å². The van der Waals surface area contributed by atoms with Gasteiger partial charge in [-0.15, -0.1) is 0 Å². The van der Waals surface area contributed by atoms with Crippen molar-refractivity contribution in [2.24, 2.45) is 0 Å². The molecular weight excluding hydrogens is 252 g/mol. The Labute approximate surface area is 108 Å². The maximum absolute atomic E-state index is 11.9. The Morgan fingerprint density at radius 2 is 2.21 bits per heavy atom. The molecular formula is C12H10N2O5. The van der Waals surface area contributed by atoms with Crippen molar-refractivity contribution in [3.8, 4) is 5.75 Å². The average molecular weight is 262 g/mol. The number of Topliss-reactive ketones (excluding diaryl/α,β-unsaturated/α-hetero) is 1. The maximum atomic E-state index is 11.9. The van der Waals surface area contributed by atoms with Crippen LogP contribution in [0.3, 0.4) is 0 Å². The number of carbonyl (C=O) groups is 2. The fourth-order valence-electron chi connectivity index (χ4n) is 1.62. The van der Waals surface area contributed by atoms with Gasteiger partial charge in [-0.05, 0) is 13.0 Å². The van der Waals surface area contributed by atoms with Crippen molar-refractivity contribution in [2.75, 3.05) is 6.54 Å². The van der Waals surface area contributed by atoms with E-state index < -0.39 is 16.6 Å². The monoisotopic (exact) mass is 262 g/mol. The van der Waals surface area contributed by atoms with Gasteiger partial charge in [-0.2, -0.15) is 5.06 Å². The van der Waals surface area contributed by atoms with E-state index in [0.29, 0.717) is 0 Å². The number of hydroxylamine groups is 2. The molecule has 2 rings (SSSR count). The van der Waals surface area contributed by atoms with E-state index in [-0.39, 0.29) is 29.1 Å².